The summed E-state index contributed by atoms with van der Waals surface area (Å²) in [5.41, 5.74) is 0. The Morgan fingerprint density at radius 3 is 2.10 bits per heavy atom. The molecule has 21 heavy (non-hydrogen) atoms. The molecule has 0 atom stereocenters. The molecule has 120 valence electrons. The molecule has 1 N–H and O–H groups in total. The van der Waals surface area contributed by atoms with Gasteiger partial charge in [-0.3, -0.25) is 4.79 Å². The van der Waals surface area contributed by atoms with Gasteiger partial charge in [-0.05, 0) is 12.8 Å². The molecule has 0 aromatic carbocycles. The monoisotopic (exact) mass is 294 g/mol. The second-order valence-corrected chi connectivity index (χ2v) is 5.43. The van der Waals surface area contributed by atoms with Crippen LogP contribution in [0.1, 0.15) is 77.6 Å². The van der Waals surface area contributed by atoms with Gasteiger partial charge in [0.15, 0.2) is 0 Å². The third-order valence-electron chi connectivity index (χ3n) is 3.39. The summed E-state index contributed by atoms with van der Waals surface area (Å²) in [6.07, 6.45) is 18.0. The van der Waals surface area contributed by atoms with Crippen molar-refractivity contribution in [1.82, 2.24) is 0 Å². The molecule has 0 amide bonds. The summed E-state index contributed by atoms with van der Waals surface area (Å²) in [5.74, 6) is -0.640. The maximum Gasteiger partial charge on any atom is 0.328 e. The summed E-state index contributed by atoms with van der Waals surface area (Å²) in [4.78, 5) is 21.8. The van der Waals surface area contributed by atoms with Gasteiger partial charge >= 0.3 is 5.97 Å². The summed E-state index contributed by atoms with van der Waals surface area (Å²) in [6.45, 7) is 2.23. The van der Waals surface area contributed by atoms with Crippen LogP contribution in [0.5, 0.6) is 0 Å². The number of carbonyl (C=O) groups excluding carboxylic acids is 1. The zero-order valence-corrected chi connectivity index (χ0v) is 13.4. The van der Waals surface area contributed by atoms with Crippen LogP contribution in [0.25, 0.3) is 0 Å². The summed E-state index contributed by atoms with van der Waals surface area (Å²) >= 11 is 0. The third kappa shape index (κ3) is 16.6. The molecule has 0 fully saturated rings. The summed E-state index contributed by atoms with van der Waals surface area (Å²) in [6, 6.07) is 0. The number of Topliss-reactive ketones (excluding diaryl/α,β-unsaturated/α-hetero) is 1. The highest BCUT2D eigenvalue weighted by Gasteiger charge is 2.00. The first-order valence-corrected chi connectivity index (χ1v) is 8.24. The Hall–Kier alpha value is -1.38. The molecule has 0 rings (SSSR count). The number of carbonyl (C=O) groups is 2. The van der Waals surface area contributed by atoms with Gasteiger partial charge < -0.3 is 5.11 Å². The Bertz CT molecular complexity index is 329. The van der Waals surface area contributed by atoms with E-state index in [2.05, 4.69) is 6.92 Å². The van der Waals surface area contributed by atoms with Crippen molar-refractivity contribution in [2.24, 2.45) is 0 Å². The highest BCUT2D eigenvalue weighted by molar-refractivity contribution is 5.80. The molecule has 0 spiro atoms. The maximum absolute atomic E-state index is 11.6. The molecular formula is C18H30O3. The van der Waals surface area contributed by atoms with Gasteiger partial charge in [0, 0.05) is 18.9 Å². The van der Waals surface area contributed by atoms with Gasteiger partial charge in [0.25, 0.3) is 0 Å². The SMILES string of the molecule is CCCCCCCCCCC(=O)CCC=C/C=C/C(=O)O. The highest BCUT2D eigenvalue weighted by Crippen LogP contribution is 2.10. The molecule has 3 heteroatoms. The Morgan fingerprint density at radius 2 is 1.48 bits per heavy atom. The zero-order chi connectivity index (χ0) is 15.8. The van der Waals surface area contributed by atoms with E-state index >= 15 is 0 Å². The molecule has 0 radical (unpaired) electrons. The van der Waals surface area contributed by atoms with E-state index in [1.54, 1.807) is 6.08 Å². The van der Waals surface area contributed by atoms with Crippen molar-refractivity contribution >= 4 is 11.8 Å². The predicted octanol–water partition coefficient (Wildman–Crippen LogP) is 5.06. The van der Waals surface area contributed by atoms with Crippen molar-refractivity contribution in [2.75, 3.05) is 0 Å². The predicted molar refractivity (Wildman–Crippen MR) is 87.4 cm³/mol. The molecule has 0 bridgehead atoms. The lowest BCUT2D eigenvalue weighted by Crippen LogP contribution is -1.96. The van der Waals surface area contributed by atoms with Crippen LogP contribution in [0.3, 0.4) is 0 Å². The van der Waals surface area contributed by atoms with E-state index in [9.17, 15) is 9.59 Å². The number of allylic oxidation sites excluding steroid dienone is 3. The lowest BCUT2D eigenvalue weighted by atomic mass is 10.0. The third-order valence-corrected chi connectivity index (χ3v) is 3.39. The maximum atomic E-state index is 11.6. The van der Waals surface area contributed by atoms with Crippen molar-refractivity contribution in [2.45, 2.75) is 77.6 Å². The minimum Gasteiger partial charge on any atom is -0.478 e. The van der Waals surface area contributed by atoms with E-state index in [1.807, 2.05) is 6.08 Å². The largest absolute Gasteiger partial charge is 0.478 e. The van der Waals surface area contributed by atoms with E-state index < -0.39 is 5.97 Å². The number of hydrogen-bond donors (Lipinski definition) is 1. The molecule has 0 aliphatic rings. The summed E-state index contributed by atoms with van der Waals surface area (Å²) < 4.78 is 0. The lowest BCUT2D eigenvalue weighted by molar-refractivity contribution is -0.131. The molecule has 0 saturated heterocycles. The van der Waals surface area contributed by atoms with Crippen LogP contribution < -0.4 is 0 Å². The Kier molecular flexibility index (Phi) is 14.0. The van der Waals surface area contributed by atoms with Gasteiger partial charge in [-0.1, -0.05) is 70.1 Å². The minimum absolute atomic E-state index is 0.313. The fourth-order valence-corrected chi connectivity index (χ4v) is 2.14. The van der Waals surface area contributed by atoms with Crippen molar-refractivity contribution < 1.29 is 14.7 Å². The molecule has 0 aromatic heterocycles. The van der Waals surface area contributed by atoms with Gasteiger partial charge in [-0.25, -0.2) is 4.79 Å². The van der Waals surface area contributed by atoms with Crippen LogP contribution in [0.15, 0.2) is 24.3 Å². The first-order chi connectivity index (χ1) is 10.2. The van der Waals surface area contributed by atoms with Gasteiger partial charge in [-0.2, -0.15) is 0 Å². The van der Waals surface area contributed by atoms with Gasteiger partial charge in [0.1, 0.15) is 5.78 Å². The quantitative estimate of drug-likeness (QED) is 0.277. The van der Waals surface area contributed by atoms with Crippen LogP contribution >= 0.6 is 0 Å². The van der Waals surface area contributed by atoms with Gasteiger partial charge in [-0.15, -0.1) is 0 Å². The topological polar surface area (TPSA) is 54.4 Å². The number of ketones is 1. The number of hydrogen-bond acceptors (Lipinski definition) is 2. The second kappa shape index (κ2) is 15.0. The first kappa shape index (κ1) is 19.6. The average Bonchev–Trinajstić information content (AvgIpc) is 2.45. The Morgan fingerprint density at radius 1 is 0.857 bits per heavy atom. The number of carboxylic acid groups (broad SMARTS) is 1. The standard InChI is InChI=1S/C18H30O3/c1-2-3-4-5-6-7-8-11-14-17(19)15-12-9-10-13-16-18(20)21/h9-10,13,16H,2-8,11-12,14-15H2,1H3,(H,20,21)/b10-9?,16-13+. The smallest absolute Gasteiger partial charge is 0.328 e. The van der Waals surface area contributed by atoms with E-state index in [1.165, 1.54) is 44.6 Å². The number of carboxylic acids is 1. The molecule has 0 heterocycles. The van der Waals surface area contributed by atoms with E-state index in [4.69, 9.17) is 5.11 Å². The van der Waals surface area contributed by atoms with Crippen molar-refractivity contribution in [1.29, 1.82) is 0 Å². The van der Waals surface area contributed by atoms with Crippen LogP contribution in [-0.2, 0) is 9.59 Å². The van der Waals surface area contributed by atoms with Crippen molar-refractivity contribution in [3.8, 4) is 0 Å². The number of rotatable bonds is 14. The normalized spacial score (nSPS) is 11.5. The lowest BCUT2D eigenvalue weighted by Gasteiger charge is -2.01. The van der Waals surface area contributed by atoms with E-state index in [0.29, 0.717) is 25.0 Å². The summed E-state index contributed by atoms with van der Waals surface area (Å²) in [5, 5.41) is 8.38. The Labute approximate surface area is 129 Å². The molecule has 0 saturated carbocycles. The molecular weight excluding hydrogens is 264 g/mol. The van der Waals surface area contributed by atoms with Crippen LogP contribution in [-0.4, -0.2) is 16.9 Å². The highest BCUT2D eigenvalue weighted by atomic mass is 16.4. The van der Waals surface area contributed by atoms with Crippen LogP contribution in [0.2, 0.25) is 0 Å². The molecule has 0 aliphatic heterocycles. The van der Waals surface area contributed by atoms with Gasteiger partial charge in [0.05, 0.1) is 0 Å². The molecule has 0 unspecified atom stereocenters. The van der Waals surface area contributed by atoms with Crippen molar-refractivity contribution in [3.63, 3.8) is 0 Å². The molecule has 3 nitrogen and oxygen atoms in total. The fraction of sp³-hybridized carbons (Fsp3) is 0.667. The first-order valence-electron chi connectivity index (χ1n) is 8.24. The Balaban J connectivity index is 3.36. The average molecular weight is 294 g/mol. The van der Waals surface area contributed by atoms with Gasteiger partial charge in [0.2, 0.25) is 0 Å². The van der Waals surface area contributed by atoms with Crippen LogP contribution in [0.4, 0.5) is 0 Å². The fourth-order valence-electron chi connectivity index (χ4n) is 2.14. The summed E-state index contributed by atoms with van der Waals surface area (Å²) in [7, 11) is 0. The van der Waals surface area contributed by atoms with Crippen LogP contribution in [0, 0.1) is 0 Å². The van der Waals surface area contributed by atoms with Crippen molar-refractivity contribution in [3.05, 3.63) is 24.3 Å². The number of unbranched alkanes of at least 4 members (excludes halogenated alkanes) is 7. The second-order valence-electron chi connectivity index (χ2n) is 5.43. The molecule has 0 aliphatic carbocycles. The van der Waals surface area contributed by atoms with E-state index in [-0.39, 0.29) is 0 Å². The zero-order valence-electron chi connectivity index (χ0n) is 13.4. The molecule has 0 aromatic rings. The van der Waals surface area contributed by atoms with E-state index in [0.717, 1.165) is 18.9 Å². The minimum atomic E-state index is -0.953. The number of aliphatic carboxylic acids is 1.